The quantitative estimate of drug-likeness (QED) is 0.389. The minimum absolute atomic E-state index is 0.0769. The lowest BCUT2D eigenvalue weighted by Gasteiger charge is -2.70. The van der Waals surface area contributed by atoms with Crippen LogP contribution in [0, 0.1) is 41.4 Å². The van der Waals surface area contributed by atoms with Gasteiger partial charge in [-0.3, -0.25) is 0 Å². The molecule has 0 aromatic heterocycles. The zero-order valence-corrected chi connectivity index (χ0v) is 24.2. The lowest BCUT2D eigenvalue weighted by molar-refractivity contribution is -0.329. The molecule has 0 amide bonds. The number of nitrogens with two attached hydrogens (primary N) is 1. The van der Waals surface area contributed by atoms with Crippen LogP contribution in [0.4, 0.5) is 0 Å². The predicted molar refractivity (Wildman–Crippen MR) is 155 cm³/mol. The van der Waals surface area contributed by atoms with Gasteiger partial charge in [0, 0.05) is 31.0 Å². The number of aromatic hydroxyl groups is 1. The van der Waals surface area contributed by atoms with E-state index in [9.17, 15) is 10.2 Å². The number of aliphatic hydroxyl groups excluding tert-OH is 1. The summed E-state index contributed by atoms with van der Waals surface area (Å²) in [6, 6.07) is 3.87. The van der Waals surface area contributed by atoms with Gasteiger partial charge in [-0.2, -0.15) is 0 Å². The van der Waals surface area contributed by atoms with Crippen molar-refractivity contribution in [3.05, 3.63) is 28.8 Å². The number of phenols is 1. The number of hydrogen-bond acceptors (Lipinski definition) is 5. The number of ether oxygens (including phenoxy) is 1. The Morgan fingerprint density at radius 2 is 1.87 bits per heavy atom. The van der Waals surface area contributed by atoms with Crippen LogP contribution in [-0.2, 0) is 24.1 Å². The standard InChI is InChI=1S/C34H50N2O3/c1-32(26-10-4-3-5-11-26)30-14-15-34(39-32)27-12-6-8-23(18-27)19-29-24(20-28(38)21-25(29)22-36-2)9-7-13-31(34)33(30,35)16-17-37/h20-21,23,26-27,30-31,36-38H,3-6,8-12,14-19,22,35H2,1-2H3/t23-,27+,30+,31+,32-,33-,34+/m0/s1. The first-order valence-corrected chi connectivity index (χ1v) is 15.9. The Bertz CT molecular complexity index is 1120. The van der Waals surface area contributed by atoms with E-state index in [0.717, 1.165) is 37.8 Å². The summed E-state index contributed by atoms with van der Waals surface area (Å²) in [5, 5.41) is 24.3. The lowest BCUT2D eigenvalue weighted by atomic mass is 9.46. The van der Waals surface area contributed by atoms with Crippen LogP contribution >= 0.6 is 0 Å². The summed E-state index contributed by atoms with van der Waals surface area (Å²) >= 11 is 0. The first-order valence-electron chi connectivity index (χ1n) is 15.9. The third-order valence-corrected chi connectivity index (χ3v) is 11.8. The van der Waals surface area contributed by atoms with Crippen LogP contribution in [0.25, 0.3) is 0 Å². The van der Waals surface area contributed by atoms with Gasteiger partial charge in [0.05, 0.1) is 17.1 Å². The number of phenolic OH excluding ortho intramolecular Hbond substituents is 1. The van der Waals surface area contributed by atoms with Gasteiger partial charge in [0.15, 0.2) is 0 Å². The average molecular weight is 535 g/mol. The van der Waals surface area contributed by atoms with Gasteiger partial charge in [0.25, 0.3) is 0 Å². The molecule has 3 saturated carbocycles. The topological polar surface area (TPSA) is 87.7 Å². The van der Waals surface area contributed by atoms with Crippen molar-refractivity contribution in [1.29, 1.82) is 0 Å². The summed E-state index contributed by atoms with van der Waals surface area (Å²) in [7, 11) is 1.97. The highest BCUT2D eigenvalue weighted by Crippen LogP contribution is 2.64. The van der Waals surface area contributed by atoms with Crippen LogP contribution < -0.4 is 11.1 Å². The molecule has 1 aromatic carbocycles. The molecule has 7 rings (SSSR count). The van der Waals surface area contributed by atoms with Gasteiger partial charge < -0.3 is 26.0 Å². The van der Waals surface area contributed by atoms with Crippen molar-refractivity contribution in [2.24, 2.45) is 35.3 Å². The Morgan fingerprint density at radius 3 is 2.64 bits per heavy atom. The highest BCUT2D eigenvalue weighted by Gasteiger charge is 2.70. The molecule has 2 saturated heterocycles. The van der Waals surface area contributed by atoms with Crippen molar-refractivity contribution < 1.29 is 14.9 Å². The fourth-order valence-electron chi connectivity index (χ4n) is 10.2. The number of nitrogens with one attached hydrogen (secondary N) is 1. The van der Waals surface area contributed by atoms with Crippen molar-refractivity contribution in [2.75, 3.05) is 13.7 Å². The van der Waals surface area contributed by atoms with Gasteiger partial charge in [0.1, 0.15) is 5.75 Å². The molecular weight excluding hydrogens is 484 g/mol. The molecule has 6 aliphatic rings. The van der Waals surface area contributed by atoms with E-state index in [0.29, 0.717) is 36.3 Å². The molecule has 2 aliphatic heterocycles. The monoisotopic (exact) mass is 534 g/mol. The maximum Gasteiger partial charge on any atom is 0.116 e. The van der Waals surface area contributed by atoms with Crippen LogP contribution in [0.1, 0.15) is 101 Å². The number of benzene rings is 1. The van der Waals surface area contributed by atoms with E-state index in [4.69, 9.17) is 10.5 Å². The molecule has 5 N–H and O–H groups in total. The zero-order chi connectivity index (χ0) is 27.3. The first-order chi connectivity index (χ1) is 18.8. The second-order valence-corrected chi connectivity index (χ2v) is 13.9. The lowest BCUT2D eigenvalue weighted by Crippen LogP contribution is -2.79. The highest BCUT2D eigenvalue weighted by atomic mass is 16.5. The number of fused-ring (bicyclic) bond motifs is 5. The summed E-state index contributed by atoms with van der Waals surface area (Å²) in [6.45, 7) is 3.24. The summed E-state index contributed by atoms with van der Waals surface area (Å²) in [5.74, 6) is 9.38. The normalized spacial score (nSPS) is 40.1. The number of aliphatic hydroxyl groups is 1. The smallest absolute Gasteiger partial charge is 0.116 e. The molecule has 5 nitrogen and oxygen atoms in total. The van der Waals surface area contributed by atoms with Gasteiger partial charge in [0.2, 0.25) is 0 Å². The molecular formula is C34H50N2O3. The maximum absolute atomic E-state index is 10.6. The molecule has 1 aromatic rings. The van der Waals surface area contributed by atoms with Crippen molar-refractivity contribution in [2.45, 2.75) is 120 Å². The SMILES string of the molecule is CNCc1cc(O)cc2c1C[C@H]1CCC[C@H](C1)[C@]13CC[C@@H]([C@@](N)(CCO)[C@H]1C#CC2)[C@](C)(C1CCCCC1)O3. The van der Waals surface area contributed by atoms with Gasteiger partial charge in [-0.15, -0.1) is 0 Å². The van der Waals surface area contributed by atoms with E-state index in [1.807, 2.05) is 19.2 Å². The minimum atomic E-state index is -0.551. The summed E-state index contributed by atoms with van der Waals surface area (Å²) < 4.78 is 7.65. The van der Waals surface area contributed by atoms with Gasteiger partial charge >= 0.3 is 0 Å². The fourth-order valence-corrected chi connectivity index (χ4v) is 10.2. The van der Waals surface area contributed by atoms with Crippen molar-refractivity contribution in [1.82, 2.24) is 5.32 Å². The molecule has 214 valence electrons. The zero-order valence-electron chi connectivity index (χ0n) is 24.2. The summed E-state index contributed by atoms with van der Waals surface area (Å²) in [5.41, 5.74) is 10.2. The molecule has 2 heterocycles. The number of rotatable bonds is 5. The molecule has 4 bridgehead atoms. The molecule has 39 heavy (non-hydrogen) atoms. The van der Waals surface area contributed by atoms with Crippen LogP contribution in [0.15, 0.2) is 12.1 Å². The Hall–Kier alpha value is -1.58. The van der Waals surface area contributed by atoms with Gasteiger partial charge in [-0.25, -0.2) is 0 Å². The molecule has 0 unspecified atom stereocenters. The second kappa shape index (κ2) is 10.7. The third kappa shape index (κ3) is 4.55. The summed E-state index contributed by atoms with van der Waals surface area (Å²) in [6.07, 6.45) is 15.5. The van der Waals surface area contributed by atoms with Crippen LogP contribution in [0.3, 0.4) is 0 Å². The van der Waals surface area contributed by atoms with E-state index in [1.54, 1.807) is 0 Å². The van der Waals surface area contributed by atoms with E-state index < -0.39 is 5.54 Å². The van der Waals surface area contributed by atoms with Gasteiger partial charge in [-0.05, 0) is 112 Å². The molecule has 1 spiro atoms. The Balaban J connectivity index is 1.47. The van der Waals surface area contributed by atoms with Crippen LogP contribution in [-0.4, -0.2) is 40.6 Å². The van der Waals surface area contributed by atoms with Gasteiger partial charge in [-0.1, -0.05) is 43.9 Å². The third-order valence-electron chi connectivity index (χ3n) is 11.8. The van der Waals surface area contributed by atoms with Crippen LogP contribution in [0.2, 0.25) is 0 Å². The largest absolute Gasteiger partial charge is 0.508 e. The molecule has 4 aliphatic carbocycles. The highest BCUT2D eigenvalue weighted by molar-refractivity contribution is 5.44. The first kappa shape index (κ1) is 27.6. The van der Waals surface area contributed by atoms with E-state index in [-0.39, 0.29) is 29.6 Å². The average Bonchev–Trinajstić information content (AvgIpc) is 2.94. The maximum atomic E-state index is 10.6. The second-order valence-electron chi connectivity index (χ2n) is 13.9. The molecule has 5 heteroatoms. The van der Waals surface area contributed by atoms with Crippen molar-refractivity contribution >= 4 is 0 Å². The minimum Gasteiger partial charge on any atom is -0.508 e. The number of hydrogen-bond donors (Lipinski definition) is 4. The predicted octanol–water partition coefficient (Wildman–Crippen LogP) is 5.23. The Kier molecular flexibility index (Phi) is 7.55. The summed E-state index contributed by atoms with van der Waals surface area (Å²) in [4.78, 5) is 0. The molecule has 7 atom stereocenters. The van der Waals surface area contributed by atoms with Crippen molar-refractivity contribution in [3.63, 3.8) is 0 Å². The van der Waals surface area contributed by atoms with Crippen molar-refractivity contribution in [3.8, 4) is 17.6 Å². The van der Waals surface area contributed by atoms with Crippen LogP contribution in [0.5, 0.6) is 5.75 Å². The molecule has 0 radical (unpaired) electrons. The van der Waals surface area contributed by atoms with E-state index in [1.165, 1.54) is 62.5 Å². The van der Waals surface area contributed by atoms with E-state index >= 15 is 0 Å². The Labute approximate surface area is 235 Å². The van der Waals surface area contributed by atoms with E-state index in [2.05, 4.69) is 24.1 Å². The Morgan fingerprint density at radius 1 is 1.08 bits per heavy atom. The fraction of sp³-hybridized carbons (Fsp3) is 0.765. The molecule has 5 fully saturated rings.